The highest BCUT2D eigenvalue weighted by atomic mass is 16.2. The first-order valence-corrected chi connectivity index (χ1v) is 7.83. The van der Waals surface area contributed by atoms with Crippen molar-refractivity contribution in [3.05, 3.63) is 12.2 Å². The third-order valence-corrected chi connectivity index (χ3v) is 4.05. The lowest BCUT2D eigenvalue weighted by atomic mass is 10.1. The number of aryl methyl sites for hydroxylation is 1. The van der Waals surface area contributed by atoms with E-state index >= 15 is 0 Å². The molecular formula is C14H25N7O2. The number of likely N-dealkylation sites (tertiary alicyclic amines) is 1. The summed E-state index contributed by atoms with van der Waals surface area (Å²) in [7, 11) is 3.48. The number of amides is 3. The number of hydrogen-bond acceptors (Lipinski definition) is 5. The van der Waals surface area contributed by atoms with E-state index in [1.165, 1.54) is 0 Å². The maximum atomic E-state index is 12.1. The van der Waals surface area contributed by atoms with E-state index < -0.39 is 0 Å². The van der Waals surface area contributed by atoms with Crippen LogP contribution in [-0.4, -0.2) is 64.3 Å². The van der Waals surface area contributed by atoms with Crippen LogP contribution >= 0.6 is 0 Å². The maximum absolute atomic E-state index is 12.1. The van der Waals surface area contributed by atoms with Crippen LogP contribution in [0.1, 0.15) is 31.6 Å². The summed E-state index contributed by atoms with van der Waals surface area (Å²) in [6, 6.07) is -0.288. The monoisotopic (exact) mass is 323 g/mol. The summed E-state index contributed by atoms with van der Waals surface area (Å²) in [5.41, 5.74) is 0. The number of urea groups is 1. The van der Waals surface area contributed by atoms with Gasteiger partial charge in [0.1, 0.15) is 6.33 Å². The third kappa shape index (κ3) is 4.92. The largest absolute Gasteiger partial charge is 0.358 e. The fourth-order valence-corrected chi connectivity index (χ4v) is 2.69. The van der Waals surface area contributed by atoms with Crippen LogP contribution in [0.15, 0.2) is 6.33 Å². The zero-order valence-corrected chi connectivity index (χ0v) is 13.9. The molecule has 0 aliphatic carbocycles. The minimum atomic E-state index is -0.212. The van der Waals surface area contributed by atoms with Crippen LogP contribution in [0.5, 0.6) is 0 Å². The summed E-state index contributed by atoms with van der Waals surface area (Å²) < 4.78 is 1.78. The van der Waals surface area contributed by atoms with Crippen molar-refractivity contribution in [1.29, 1.82) is 0 Å². The van der Waals surface area contributed by atoms with Crippen LogP contribution < -0.4 is 16.0 Å². The second-order valence-corrected chi connectivity index (χ2v) is 5.86. The summed E-state index contributed by atoms with van der Waals surface area (Å²) in [4.78, 5) is 25.5. The number of carbonyl (C=O) groups excluding carboxylic acids is 2. The van der Waals surface area contributed by atoms with E-state index in [0.29, 0.717) is 12.4 Å². The standard InChI is InChI=1S/C14H25N7O2/c1-10(13-19-16-9-20(13)3)17-14(23)18-11-4-6-21(7-5-11)8-12(22)15-2/h9-11H,4-8H2,1-3H3,(H,15,22)(H2,17,18,23). The molecule has 0 saturated carbocycles. The Morgan fingerprint density at radius 1 is 1.39 bits per heavy atom. The predicted octanol–water partition coefficient (Wildman–Crippen LogP) is -0.614. The minimum Gasteiger partial charge on any atom is -0.358 e. The number of hydrogen-bond donors (Lipinski definition) is 3. The molecule has 1 aliphatic rings. The van der Waals surface area contributed by atoms with Gasteiger partial charge in [-0.1, -0.05) is 0 Å². The fraction of sp³-hybridized carbons (Fsp3) is 0.714. The van der Waals surface area contributed by atoms with Gasteiger partial charge in [0.15, 0.2) is 5.82 Å². The molecule has 1 atom stereocenters. The van der Waals surface area contributed by atoms with Crippen molar-refractivity contribution < 1.29 is 9.59 Å². The lowest BCUT2D eigenvalue weighted by molar-refractivity contribution is -0.122. The number of aromatic nitrogens is 3. The topological polar surface area (TPSA) is 104 Å². The normalized spacial score (nSPS) is 17.5. The van der Waals surface area contributed by atoms with E-state index in [2.05, 4.69) is 31.0 Å². The lowest BCUT2D eigenvalue weighted by Crippen LogP contribution is -2.49. The van der Waals surface area contributed by atoms with Gasteiger partial charge in [-0.25, -0.2) is 4.79 Å². The average molecular weight is 323 g/mol. The van der Waals surface area contributed by atoms with E-state index in [1.54, 1.807) is 17.9 Å². The van der Waals surface area contributed by atoms with E-state index in [4.69, 9.17) is 0 Å². The minimum absolute atomic E-state index is 0.0201. The van der Waals surface area contributed by atoms with Gasteiger partial charge in [0, 0.05) is 33.2 Å². The molecule has 1 saturated heterocycles. The van der Waals surface area contributed by atoms with E-state index in [9.17, 15) is 9.59 Å². The van der Waals surface area contributed by atoms with Crippen molar-refractivity contribution in [2.45, 2.75) is 31.8 Å². The van der Waals surface area contributed by atoms with Crippen molar-refractivity contribution in [3.8, 4) is 0 Å². The van der Waals surface area contributed by atoms with Crippen LogP contribution in [0.2, 0.25) is 0 Å². The van der Waals surface area contributed by atoms with Crippen LogP contribution in [0.25, 0.3) is 0 Å². The molecule has 1 aromatic rings. The number of piperidine rings is 1. The van der Waals surface area contributed by atoms with Gasteiger partial charge in [0.2, 0.25) is 5.91 Å². The summed E-state index contributed by atoms with van der Waals surface area (Å²) in [6.07, 6.45) is 3.28. The number of nitrogens with one attached hydrogen (secondary N) is 3. The Morgan fingerprint density at radius 2 is 2.09 bits per heavy atom. The number of rotatable bonds is 5. The molecule has 0 aromatic carbocycles. The molecule has 9 heteroatoms. The smallest absolute Gasteiger partial charge is 0.315 e. The van der Waals surface area contributed by atoms with Crippen molar-refractivity contribution in [1.82, 2.24) is 35.6 Å². The second kappa shape index (κ2) is 7.91. The van der Waals surface area contributed by atoms with Gasteiger partial charge in [-0.2, -0.15) is 0 Å². The lowest BCUT2D eigenvalue weighted by Gasteiger charge is -2.31. The molecule has 1 aromatic heterocycles. The number of carbonyl (C=O) groups is 2. The summed E-state index contributed by atoms with van der Waals surface area (Å²) in [5.74, 6) is 0.729. The van der Waals surface area contributed by atoms with Gasteiger partial charge < -0.3 is 20.5 Å². The van der Waals surface area contributed by atoms with Crippen LogP contribution in [0.4, 0.5) is 4.79 Å². The van der Waals surface area contributed by atoms with E-state index in [0.717, 1.165) is 25.9 Å². The number of likely N-dealkylation sites (N-methyl/N-ethyl adjacent to an activating group) is 1. The first-order valence-electron chi connectivity index (χ1n) is 7.83. The molecule has 3 N–H and O–H groups in total. The van der Waals surface area contributed by atoms with Crippen LogP contribution in [0.3, 0.4) is 0 Å². The van der Waals surface area contributed by atoms with Gasteiger partial charge in [-0.15, -0.1) is 10.2 Å². The Kier molecular flexibility index (Phi) is 5.91. The molecule has 1 aliphatic heterocycles. The number of nitrogens with zero attached hydrogens (tertiary/aromatic N) is 4. The summed E-state index contributed by atoms with van der Waals surface area (Å²) >= 11 is 0. The third-order valence-electron chi connectivity index (χ3n) is 4.05. The van der Waals surface area contributed by atoms with Crippen LogP contribution in [0, 0.1) is 0 Å². The van der Waals surface area contributed by atoms with E-state index in [1.807, 2.05) is 14.0 Å². The Bertz CT molecular complexity index is 537. The zero-order chi connectivity index (χ0) is 16.8. The van der Waals surface area contributed by atoms with Gasteiger partial charge in [-0.05, 0) is 19.8 Å². The van der Waals surface area contributed by atoms with Crippen LogP contribution in [-0.2, 0) is 11.8 Å². The summed E-state index contributed by atoms with van der Waals surface area (Å²) in [6.45, 7) is 3.89. The first-order chi connectivity index (χ1) is 11.0. The molecule has 23 heavy (non-hydrogen) atoms. The predicted molar refractivity (Wildman–Crippen MR) is 84.6 cm³/mol. The van der Waals surface area contributed by atoms with E-state index in [-0.39, 0.29) is 24.0 Å². The molecule has 1 unspecified atom stereocenters. The molecule has 9 nitrogen and oxygen atoms in total. The second-order valence-electron chi connectivity index (χ2n) is 5.86. The molecule has 0 spiro atoms. The van der Waals surface area contributed by atoms with Gasteiger partial charge >= 0.3 is 6.03 Å². The molecule has 1 fully saturated rings. The molecule has 2 rings (SSSR count). The first kappa shape index (κ1) is 17.2. The Balaban J connectivity index is 1.72. The molecule has 3 amide bonds. The molecule has 0 bridgehead atoms. The summed E-state index contributed by atoms with van der Waals surface area (Å²) in [5, 5.41) is 16.3. The molecule has 2 heterocycles. The highest BCUT2D eigenvalue weighted by Gasteiger charge is 2.22. The maximum Gasteiger partial charge on any atom is 0.315 e. The van der Waals surface area contributed by atoms with Crippen molar-refractivity contribution in [2.75, 3.05) is 26.7 Å². The molecule has 128 valence electrons. The zero-order valence-electron chi connectivity index (χ0n) is 13.9. The highest BCUT2D eigenvalue weighted by Crippen LogP contribution is 2.11. The fourth-order valence-electron chi connectivity index (χ4n) is 2.69. The van der Waals surface area contributed by atoms with Crippen molar-refractivity contribution in [3.63, 3.8) is 0 Å². The Morgan fingerprint density at radius 3 is 2.65 bits per heavy atom. The Labute approximate surface area is 135 Å². The molecular weight excluding hydrogens is 298 g/mol. The van der Waals surface area contributed by atoms with Gasteiger partial charge in [-0.3, -0.25) is 9.69 Å². The highest BCUT2D eigenvalue weighted by molar-refractivity contribution is 5.77. The Hall–Kier alpha value is -2.16. The SMILES string of the molecule is CNC(=O)CN1CCC(NC(=O)NC(C)c2nncn2C)CC1. The van der Waals surface area contributed by atoms with Crippen molar-refractivity contribution >= 4 is 11.9 Å². The molecule has 0 radical (unpaired) electrons. The van der Waals surface area contributed by atoms with Crippen molar-refractivity contribution in [2.24, 2.45) is 7.05 Å². The van der Waals surface area contributed by atoms with Gasteiger partial charge in [0.25, 0.3) is 0 Å². The quantitative estimate of drug-likeness (QED) is 0.670. The average Bonchev–Trinajstić information content (AvgIpc) is 2.95. The van der Waals surface area contributed by atoms with Gasteiger partial charge in [0.05, 0.1) is 12.6 Å².